The summed E-state index contributed by atoms with van der Waals surface area (Å²) < 4.78 is 36.4. The maximum absolute atomic E-state index is 12.1. The topological polar surface area (TPSA) is 128 Å². The second-order valence-corrected chi connectivity index (χ2v) is 5.76. The number of unbranched alkanes of at least 4 members (excludes halogenated alkanes) is 2. The summed E-state index contributed by atoms with van der Waals surface area (Å²) in [6.45, 7) is -1.35. The molecular formula is C16H21F3N8. The molecule has 2 heterocycles. The molecule has 0 radical (unpaired) electrons. The summed E-state index contributed by atoms with van der Waals surface area (Å²) >= 11 is 0. The van der Waals surface area contributed by atoms with Crippen molar-refractivity contribution in [3.05, 3.63) is 36.2 Å². The number of alkyl halides is 3. The van der Waals surface area contributed by atoms with Gasteiger partial charge in [-0.3, -0.25) is 0 Å². The number of aryl methyl sites for hydroxylation is 2. The zero-order valence-electron chi connectivity index (χ0n) is 14.6. The lowest BCUT2D eigenvalue weighted by Crippen LogP contribution is -2.26. The van der Waals surface area contributed by atoms with Crippen LogP contribution in [0.4, 0.5) is 24.8 Å². The normalized spacial score (nSPS) is 12.2. The zero-order valence-corrected chi connectivity index (χ0v) is 14.6. The van der Waals surface area contributed by atoms with E-state index in [1.807, 2.05) is 0 Å². The fraction of sp³-hybridized carbons (Fsp3) is 0.438. The summed E-state index contributed by atoms with van der Waals surface area (Å²) in [5.74, 6) is 1.70. The van der Waals surface area contributed by atoms with E-state index >= 15 is 0 Å². The number of hydrogen-bond donors (Lipinski definition) is 3. The van der Waals surface area contributed by atoms with E-state index < -0.39 is 12.7 Å². The Labute approximate surface area is 154 Å². The van der Waals surface area contributed by atoms with Gasteiger partial charge in [0.15, 0.2) is 5.96 Å². The average Bonchev–Trinajstić information content (AvgIpc) is 2.60. The molecule has 0 unspecified atom stereocenters. The van der Waals surface area contributed by atoms with Crippen molar-refractivity contribution in [3.63, 3.8) is 0 Å². The van der Waals surface area contributed by atoms with Gasteiger partial charge in [-0.2, -0.15) is 13.2 Å². The van der Waals surface area contributed by atoms with E-state index in [1.165, 1.54) is 12.3 Å². The molecule has 0 aliphatic heterocycles. The number of hydrogen-bond acceptors (Lipinski definition) is 6. The van der Waals surface area contributed by atoms with E-state index in [0.717, 1.165) is 25.7 Å². The Morgan fingerprint density at radius 1 is 1.00 bits per heavy atom. The van der Waals surface area contributed by atoms with Crippen LogP contribution in [0.25, 0.3) is 0 Å². The van der Waals surface area contributed by atoms with Gasteiger partial charge in [0.2, 0.25) is 0 Å². The van der Waals surface area contributed by atoms with Gasteiger partial charge in [0.05, 0.1) is 0 Å². The van der Waals surface area contributed by atoms with E-state index in [1.54, 1.807) is 12.3 Å². The summed E-state index contributed by atoms with van der Waals surface area (Å²) in [6, 6.07) is 3.15. The van der Waals surface area contributed by atoms with E-state index in [2.05, 4.69) is 30.2 Å². The summed E-state index contributed by atoms with van der Waals surface area (Å²) in [6.07, 6.45) is 2.79. The third kappa shape index (κ3) is 8.29. The molecule has 2 rings (SSSR count). The smallest absolute Gasteiger partial charge is 0.384 e. The number of halogens is 3. The van der Waals surface area contributed by atoms with Crippen molar-refractivity contribution in [3.8, 4) is 0 Å². The van der Waals surface area contributed by atoms with Gasteiger partial charge in [0.25, 0.3) is 0 Å². The Morgan fingerprint density at radius 3 is 2.26 bits per heavy atom. The predicted octanol–water partition coefficient (Wildman–Crippen LogP) is 2.09. The highest BCUT2D eigenvalue weighted by molar-refractivity contribution is 5.91. The quantitative estimate of drug-likeness (QED) is 0.362. The van der Waals surface area contributed by atoms with Gasteiger partial charge >= 0.3 is 6.18 Å². The highest BCUT2D eigenvalue weighted by Gasteiger charge is 2.26. The zero-order chi connectivity index (χ0) is 19.7. The molecule has 5 N–H and O–H groups in total. The molecule has 0 fully saturated rings. The van der Waals surface area contributed by atoms with Crippen molar-refractivity contribution in [2.75, 3.05) is 17.6 Å². The Hall–Kier alpha value is -2.98. The molecule has 27 heavy (non-hydrogen) atoms. The van der Waals surface area contributed by atoms with E-state index in [0.29, 0.717) is 29.7 Å². The van der Waals surface area contributed by atoms with Crippen LogP contribution in [-0.4, -0.2) is 38.6 Å². The lowest BCUT2D eigenvalue weighted by Gasteiger charge is -2.07. The summed E-state index contributed by atoms with van der Waals surface area (Å²) in [7, 11) is 0. The first-order valence-electron chi connectivity index (χ1n) is 8.35. The third-order valence-corrected chi connectivity index (χ3v) is 3.42. The van der Waals surface area contributed by atoms with Crippen LogP contribution in [0, 0.1) is 0 Å². The fourth-order valence-electron chi connectivity index (χ4n) is 2.21. The van der Waals surface area contributed by atoms with Crippen molar-refractivity contribution < 1.29 is 13.2 Å². The van der Waals surface area contributed by atoms with Crippen molar-refractivity contribution >= 4 is 17.6 Å². The average molecular weight is 382 g/mol. The highest BCUT2D eigenvalue weighted by atomic mass is 19.4. The molecule has 0 spiro atoms. The van der Waals surface area contributed by atoms with Gasteiger partial charge in [0.1, 0.15) is 29.8 Å². The van der Waals surface area contributed by atoms with Crippen molar-refractivity contribution in [1.29, 1.82) is 0 Å². The largest absolute Gasteiger partial charge is 0.408 e. The molecule has 2 aromatic rings. The van der Waals surface area contributed by atoms with Crippen LogP contribution in [0.3, 0.4) is 0 Å². The predicted molar refractivity (Wildman–Crippen MR) is 95.9 cm³/mol. The van der Waals surface area contributed by atoms with Gasteiger partial charge in [-0.25, -0.2) is 24.9 Å². The maximum atomic E-state index is 12.1. The van der Waals surface area contributed by atoms with Crippen molar-refractivity contribution in [2.45, 2.75) is 38.3 Å². The molecule has 0 atom stereocenters. The summed E-state index contributed by atoms with van der Waals surface area (Å²) in [4.78, 5) is 19.9. The first-order valence-corrected chi connectivity index (χ1v) is 8.35. The van der Waals surface area contributed by atoms with Gasteiger partial charge in [-0.1, -0.05) is 6.42 Å². The molecule has 0 amide bonds. The van der Waals surface area contributed by atoms with Crippen molar-refractivity contribution in [2.24, 2.45) is 10.7 Å². The van der Waals surface area contributed by atoms with Crippen LogP contribution in [0.15, 0.2) is 29.5 Å². The molecule has 0 bridgehead atoms. The highest BCUT2D eigenvalue weighted by Crippen LogP contribution is 2.14. The number of aliphatic imine (C=N–C) groups is 1. The molecule has 0 aliphatic carbocycles. The molecule has 0 saturated heterocycles. The number of nitrogens with zero attached hydrogens (tertiary/aromatic N) is 5. The molecular weight excluding hydrogens is 361 g/mol. The van der Waals surface area contributed by atoms with Gasteiger partial charge in [-0.15, -0.1) is 0 Å². The standard InChI is InChI=1S/C16H21F3N8/c17-16(18,19)10-24-15(21)27-14-7-9-23-13(26-14)5-3-1-2-4-12-22-8-6-11(20)25-12/h6-9H,1-5,10H2,(H2,20,22,25)(H3,21,23,24,26,27). The number of anilines is 2. The van der Waals surface area contributed by atoms with Crippen LogP contribution in [-0.2, 0) is 12.8 Å². The Kier molecular flexibility index (Phi) is 7.26. The number of nitrogen functional groups attached to an aromatic ring is 1. The number of guanidine groups is 1. The number of nitrogens with two attached hydrogens (primary N) is 2. The SMILES string of the molecule is NC(=NCC(F)(F)F)Nc1ccnc(CCCCCc2nccc(N)n2)n1. The molecule has 146 valence electrons. The van der Waals surface area contributed by atoms with Gasteiger partial charge in [-0.05, 0) is 25.0 Å². The maximum Gasteiger partial charge on any atom is 0.408 e. The number of rotatable bonds is 8. The molecule has 0 aromatic carbocycles. The number of aromatic nitrogens is 4. The Morgan fingerprint density at radius 2 is 1.63 bits per heavy atom. The second-order valence-electron chi connectivity index (χ2n) is 5.76. The summed E-state index contributed by atoms with van der Waals surface area (Å²) in [5, 5.41) is 2.53. The summed E-state index contributed by atoms with van der Waals surface area (Å²) in [5.41, 5.74) is 11.0. The fourth-order valence-corrected chi connectivity index (χ4v) is 2.21. The minimum absolute atomic E-state index is 0.302. The van der Waals surface area contributed by atoms with Crippen LogP contribution < -0.4 is 16.8 Å². The van der Waals surface area contributed by atoms with Gasteiger partial charge in [0, 0.05) is 25.2 Å². The molecule has 0 aliphatic rings. The molecule has 0 saturated carbocycles. The minimum atomic E-state index is -4.40. The molecule has 11 heteroatoms. The second kappa shape index (κ2) is 9.64. The van der Waals surface area contributed by atoms with Crippen LogP contribution >= 0.6 is 0 Å². The van der Waals surface area contributed by atoms with E-state index in [-0.39, 0.29) is 5.96 Å². The Balaban J connectivity index is 1.75. The van der Waals surface area contributed by atoms with Gasteiger partial charge < -0.3 is 16.8 Å². The first kappa shape index (κ1) is 20.3. The third-order valence-electron chi connectivity index (χ3n) is 3.42. The van der Waals surface area contributed by atoms with Crippen LogP contribution in [0.1, 0.15) is 30.9 Å². The van der Waals surface area contributed by atoms with Crippen molar-refractivity contribution in [1.82, 2.24) is 19.9 Å². The minimum Gasteiger partial charge on any atom is -0.384 e. The molecule has 8 nitrogen and oxygen atoms in total. The van der Waals surface area contributed by atoms with E-state index in [4.69, 9.17) is 11.5 Å². The molecule has 2 aromatic heterocycles. The first-order chi connectivity index (χ1) is 12.8. The lowest BCUT2D eigenvalue weighted by molar-refractivity contribution is -0.118. The Bertz CT molecular complexity index is 763. The van der Waals surface area contributed by atoms with E-state index in [9.17, 15) is 13.2 Å². The van der Waals surface area contributed by atoms with Crippen LogP contribution in [0.2, 0.25) is 0 Å². The lowest BCUT2D eigenvalue weighted by atomic mass is 10.1. The monoisotopic (exact) mass is 382 g/mol. The number of nitrogens with one attached hydrogen (secondary N) is 1. The van der Waals surface area contributed by atoms with Crippen LogP contribution in [0.5, 0.6) is 0 Å².